The van der Waals surface area contributed by atoms with E-state index in [0.29, 0.717) is 0 Å². The summed E-state index contributed by atoms with van der Waals surface area (Å²) in [7, 11) is 0. The average Bonchev–Trinajstić information content (AvgIpc) is 3.33. The maximum atomic E-state index is 3.58. The molecule has 0 unspecified atom stereocenters. The van der Waals surface area contributed by atoms with Gasteiger partial charge < -0.3 is 4.98 Å². The predicted molar refractivity (Wildman–Crippen MR) is 159 cm³/mol. The van der Waals surface area contributed by atoms with Crippen LogP contribution in [0, 0.1) is 0 Å². The summed E-state index contributed by atoms with van der Waals surface area (Å²) >= 11 is 0. The van der Waals surface area contributed by atoms with Gasteiger partial charge in [0.15, 0.2) is 0 Å². The number of nitrogens with one attached hydrogen (secondary N) is 1. The van der Waals surface area contributed by atoms with E-state index in [4.69, 9.17) is 0 Å². The lowest BCUT2D eigenvalue weighted by Crippen LogP contribution is -1.91. The minimum Gasteiger partial charge on any atom is -0.355 e. The summed E-state index contributed by atoms with van der Waals surface area (Å²) in [5, 5.41) is 10.2. The summed E-state index contributed by atoms with van der Waals surface area (Å²) in [6.07, 6.45) is 0. The van der Waals surface area contributed by atoms with Crippen LogP contribution < -0.4 is 0 Å². The molecule has 7 aromatic carbocycles. The largest absolute Gasteiger partial charge is 0.355 e. The first kappa shape index (κ1) is 20.3. The van der Waals surface area contributed by atoms with Gasteiger partial charge in [-0.25, -0.2) is 0 Å². The van der Waals surface area contributed by atoms with E-state index in [0.717, 1.165) is 0 Å². The van der Waals surface area contributed by atoms with Gasteiger partial charge in [-0.05, 0) is 78.8 Å². The van der Waals surface area contributed by atoms with Gasteiger partial charge in [0, 0.05) is 21.8 Å². The zero-order chi connectivity index (χ0) is 24.3. The molecule has 0 saturated carbocycles. The van der Waals surface area contributed by atoms with Crippen molar-refractivity contribution in [2.75, 3.05) is 0 Å². The molecule has 0 fully saturated rings. The summed E-state index contributed by atoms with van der Waals surface area (Å²) in [6.45, 7) is 0. The molecule has 172 valence electrons. The topological polar surface area (TPSA) is 15.8 Å². The van der Waals surface area contributed by atoms with Gasteiger partial charge in [-0.15, -0.1) is 0 Å². The minimum atomic E-state index is 1.17. The van der Waals surface area contributed by atoms with E-state index in [2.05, 4.69) is 138 Å². The van der Waals surface area contributed by atoms with Gasteiger partial charge in [0.25, 0.3) is 0 Å². The van der Waals surface area contributed by atoms with Crippen molar-refractivity contribution in [3.05, 3.63) is 133 Å². The van der Waals surface area contributed by atoms with Crippen molar-refractivity contribution in [1.82, 2.24) is 4.98 Å². The van der Waals surface area contributed by atoms with Gasteiger partial charge in [0.1, 0.15) is 0 Å². The van der Waals surface area contributed by atoms with E-state index in [1.807, 2.05) is 0 Å². The lowest BCUT2D eigenvalue weighted by Gasteiger charge is -2.18. The zero-order valence-electron chi connectivity index (χ0n) is 20.2. The molecule has 1 aromatic heterocycles. The van der Waals surface area contributed by atoms with Crippen LogP contribution in [0.5, 0.6) is 0 Å². The number of para-hydroxylation sites is 1. The van der Waals surface area contributed by atoms with Crippen LogP contribution in [0.15, 0.2) is 133 Å². The zero-order valence-corrected chi connectivity index (χ0v) is 20.2. The van der Waals surface area contributed by atoms with Crippen molar-refractivity contribution in [1.29, 1.82) is 0 Å². The molecule has 0 radical (unpaired) electrons. The Labute approximate surface area is 214 Å². The standard InChI is InChI=1S/C36H23N/c1-2-10-24-21-25(18-17-23(24)9-1)35-28-12-3-5-14-30(28)36(31-15-6-4-13-29(31)35)26-19-20-34-32(22-26)27-11-7-8-16-33(27)37-34/h1-22,37H. The van der Waals surface area contributed by atoms with Crippen LogP contribution in [0.3, 0.4) is 0 Å². The van der Waals surface area contributed by atoms with Gasteiger partial charge in [-0.1, -0.05) is 109 Å². The Balaban J connectivity index is 1.48. The smallest absolute Gasteiger partial charge is 0.0465 e. The lowest BCUT2D eigenvalue weighted by molar-refractivity contribution is 1.55. The fourth-order valence-electron chi connectivity index (χ4n) is 6.10. The molecule has 0 aliphatic carbocycles. The average molecular weight is 470 g/mol. The Morgan fingerprint density at radius 2 is 0.811 bits per heavy atom. The van der Waals surface area contributed by atoms with E-state index in [1.54, 1.807) is 0 Å². The van der Waals surface area contributed by atoms with Crippen molar-refractivity contribution in [3.63, 3.8) is 0 Å². The third-order valence-corrected chi connectivity index (χ3v) is 7.76. The SMILES string of the molecule is c1ccc2cc(-c3c4ccccc4c(-c4ccc5[nH]c6ccccc6c5c4)c4ccccc34)ccc2c1. The first-order valence-corrected chi connectivity index (χ1v) is 12.8. The van der Waals surface area contributed by atoms with Crippen molar-refractivity contribution in [2.45, 2.75) is 0 Å². The van der Waals surface area contributed by atoms with Gasteiger partial charge in [0.05, 0.1) is 0 Å². The van der Waals surface area contributed by atoms with Gasteiger partial charge in [-0.2, -0.15) is 0 Å². The van der Waals surface area contributed by atoms with Crippen LogP contribution in [0.1, 0.15) is 0 Å². The highest BCUT2D eigenvalue weighted by atomic mass is 14.7. The third-order valence-electron chi connectivity index (χ3n) is 7.76. The first-order chi connectivity index (χ1) is 18.3. The lowest BCUT2D eigenvalue weighted by atomic mass is 9.85. The first-order valence-electron chi connectivity index (χ1n) is 12.8. The highest BCUT2D eigenvalue weighted by Gasteiger charge is 2.17. The number of rotatable bonds is 2. The second-order valence-electron chi connectivity index (χ2n) is 9.83. The monoisotopic (exact) mass is 469 g/mol. The number of aromatic nitrogens is 1. The minimum absolute atomic E-state index is 1.17. The second kappa shape index (κ2) is 7.81. The summed E-state index contributed by atoms with van der Waals surface area (Å²) in [5.74, 6) is 0. The molecule has 1 nitrogen and oxygen atoms in total. The van der Waals surface area contributed by atoms with E-state index < -0.39 is 0 Å². The van der Waals surface area contributed by atoms with E-state index in [9.17, 15) is 0 Å². The Hall–Kier alpha value is -4.88. The maximum absolute atomic E-state index is 3.58. The molecule has 0 amide bonds. The number of fused-ring (bicyclic) bond motifs is 6. The molecule has 0 saturated heterocycles. The van der Waals surface area contributed by atoms with Gasteiger partial charge in [0.2, 0.25) is 0 Å². The number of H-pyrrole nitrogens is 1. The predicted octanol–water partition coefficient (Wildman–Crippen LogP) is 10.1. The molecule has 1 heterocycles. The maximum Gasteiger partial charge on any atom is 0.0465 e. The molecule has 0 atom stereocenters. The molecule has 0 aliphatic heterocycles. The van der Waals surface area contributed by atoms with Crippen LogP contribution in [0.25, 0.3) is 76.4 Å². The van der Waals surface area contributed by atoms with E-state index >= 15 is 0 Å². The summed E-state index contributed by atoms with van der Waals surface area (Å²) in [4.78, 5) is 3.58. The Morgan fingerprint density at radius 3 is 1.49 bits per heavy atom. The Morgan fingerprint density at radius 1 is 0.324 bits per heavy atom. The number of hydrogen-bond donors (Lipinski definition) is 1. The molecule has 0 aliphatic rings. The summed E-state index contributed by atoms with van der Waals surface area (Å²) in [5.41, 5.74) is 7.44. The summed E-state index contributed by atoms with van der Waals surface area (Å²) < 4.78 is 0. The van der Waals surface area contributed by atoms with Crippen LogP contribution in [-0.4, -0.2) is 4.98 Å². The summed E-state index contributed by atoms with van der Waals surface area (Å²) in [6, 6.07) is 48.6. The van der Waals surface area contributed by atoms with E-state index in [-0.39, 0.29) is 0 Å². The molecular weight excluding hydrogens is 446 g/mol. The van der Waals surface area contributed by atoms with Crippen LogP contribution in [0.4, 0.5) is 0 Å². The number of hydrogen-bond acceptors (Lipinski definition) is 0. The van der Waals surface area contributed by atoms with Crippen LogP contribution in [-0.2, 0) is 0 Å². The Bertz CT molecular complexity index is 2090. The molecule has 8 rings (SSSR count). The number of benzene rings is 7. The Kier molecular flexibility index (Phi) is 4.29. The molecule has 1 heteroatoms. The highest BCUT2D eigenvalue weighted by Crippen LogP contribution is 2.44. The third kappa shape index (κ3) is 3.04. The van der Waals surface area contributed by atoms with Crippen LogP contribution in [0.2, 0.25) is 0 Å². The van der Waals surface area contributed by atoms with Crippen LogP contribution >= 0.6 is 0 Å². The molecule has 0 spiro atoms. The molecule has 0 bridgehead atoms. The fraction of sp³-hybridized carbons (Fsp3) is 0. The normalized spacial score (nSPS) is 11.8. The van der Waals surface area contributed by atoms with E-state index in [1.165, 1.54) is 76.4 Å². The molecular formula is C36H23N. The fourth-order valence-corrected chi connectivity index (χ4v) is 6.10. The highest BCUT2D eigenvalue weighted by molar-refractivity contribution is 6.22. The van der Waals surface area contributed by atoms with Crippen molar-refractivity contribution in [3.8, 4) is 22.3 Å². The molecule has 8 aromatic rings. The van der Waals surface area contributed by atoms with Crippen molar-refractivity contribution >= 4 is 54.1 Å². The second-order valence-corrected chi connectivity index (χ2v) is 9.83. The molecule has 1 N–H and O–H groups in total. The quantitative estimate of drug-likeness (QED) is 0.242. The number of aromatic amines is 1. The van der Waals surface area contributed by atoms with Gasteiger partial charge in [-0.3, -0.25) is 0 Å². The van der Waals surface area contributed by atoms with Gasteiger partial charge >= 0.3 is 0 Å². The van der Waals surface area contributed by atoms with Crippen molar-refractivity contribution in [2.24, 2.45) is 0 Å². The van der Waals surface area contributed by atoms with Crippen molar-refractivity contribution < 1.29 is 0 Å². The molecule has 37 heavy (non-hydrogen) atoms.